The largest absolute Gasteiger partial charge is 0.468 e. The van der Waals surface area contributed by atoms with E-state index in [1.807, 2.05) is 6.07 Å². The first-order valence-electron chi connectivity index (χ1n) is 32.2. The zero-order valence-corrected chi connectivity index (χ0v) is 54.1. The van der Waals surface area contributed by atoms with E-state index in [-0.39, 0.29) is 93.7 Å². The van der Waals surface area contributed by atoms with Gasteiger partial charge in [0.25, 0.3) is 5.70 Å². The van der Waals surface area contributed by atoms with Gasteiger partial charge >= 0.3 is 35.8 Å². The summed E-state index contributed by atoms with van der Waals surface area (Å²) in [4.78, 5) is 87.8. The second kappa shape index (κ2) is 32.5. The van der Waals surface area contributed by atoms with Crippen LogP contribution in [-0.4, -0.2) is 88.7 Å². The number of benzene rings is 1. The quantitative estimate of drug-likeness (QED) is 0.0201. The Morgan fingerprint density at radius 1 is 0.465 bits per heavy atom. The minimum atomic E-state index is -0.864. The molecule has 0 radical (unpaired) electrons. The number of esters is 6. The van der Waals surface area contributed by atoms with Crippen molar-refractivity contribution in [2.24, 2.45) is 59.2 Å². The van der Waals surface area contributed by atoms with Gasteiger partial charge in [0, 0.05) is 14.2 Å². The van der Waals surface area contributed by atoms with E-state index in [0.717, 1.165) is 187 Å². The van der Waals surface area contributed by atoms with Gasteiger partial charge in [0.2, 0.25) is 0 Å². The molecule has 16 nitrogen and oxygen atoms in total. The van der Waals surface area contributed by atoms with Crippen molar-refractivity contribution in [2.75, 3.05) is 40.6 Å². The average molecular weight is 1260 g/mol. The number of carbonyl (C=O) groups is 6. The topological polar surface area (TPSA) is 204 Å². The van der Waals surface area contributed by atoms with Crippen molar-refractivity contribution < 1.29 is 66.7 Å². The summed E-state index contributed by atoms with van der Waals surface area (Å²) >= 11 is 4.19. The van der Waals surface area contributed by atoms with Gasteiger partial charge in [-0.05, 0) is 190 Å². The number of fused-ring (bicyclic) bond motifs is 2. The number of methoxy groups -OCH3 is 2. The Morgan fingerprint density at radius 3 is 1.15 bits per heavy atom. The van der Waals surface area contributed by atoms with Gasteiger partial charge in [-0.15, -0.1) is 0 Å². The van der Waals surface area contributed by atoms with Gasteiger partial charge in [-0.1, -0.05) is 86.6 Å². The number of ether oxygens (including phenoxy) is 8. The lowest BCUT2D eigenvalue weighted by Crippen LogP contribution is -2.33. The molecule has 1 aromatic carbocycles. The molecule has 6 aliphatic carbocycles. The predicted octanol–water partition coefficient (Wildman–Crippen LogP) is 15.1. The number of nitriles is 1. The first-order valence-corrected chi connectivity index (χ1v) is 35.5. The molecule has 8 aliphatic rings. The van der Waals surface area contributed by atoms with Crippen molar-refractivity contribution >= 4 is 82.9 Å². The first-order chi connectivity index (χ1) is 41.8. The first kappa shape index (κ1) is 66.2. The Labute approximate surface area is 525 Å². The van der Waals surface area contributed by atoms with Crippen LogP contribution in [-0.2, 0) is 57.2 Å². The van der Waals surface area contributed by atoms with Crippen LogP contribution in [0.15, 0.2) is 39.3 Å². The van der Waals surface area contributed by atoms with E-state index >= 15 is 0 Å². The summed E-state index contributed by atoms with van der Waals surface area (Å²) in [5, 5.41) is 10.5. The number of carbonyl (C=O) groups excluding carboxylic acids is 6. The summed E-state index contributed by atoms with van der Waals surface area (Å²) in [5.41, 5.74) is -0.568. The highest BCUT2D eigenvalue weighted by molar-refractivity contribution is 8.26. The summed E-state index contributed by atoms with van der Waals surface area (Å²) < 4.78 is 46.9. The number of thioether (sulfide) groups is 4. The molecular weight excluding hydrogens is 1170 g/mol. The molecule has 0 spiro atoms. The molecule has 0 aromatic heterocycles. The molecule has 0 saturated heterocycles. The van der Waals surface area contributed by atoms with E-state index in [2.05, 4.69) is 18.7 Å². The Hall–Kier alpha value is -4.18. The minimum absolute atomic E-state index is 0.0182. The van der Waals surface area contributed by atoms with E-state index < -0.39 is 35.7 Å². The monoisotopic (exact) mass is 1260 g/mol. The fraction of sp³-hybridized carbons (Fsp3) is 0.727. The number of rotatable bonds is 22. The van der Waals surface area contributed by atoms with Crippen LogP contribution < -0.4 is 9.47 Å². The minimum Gasteiger partial charge on any atom is -0.468 e. The van der Waals surface area contributed by atoms with E-state index in [4.69, 9.17) is 44.5 Å². The molecule has 2 heterocycles. The van der Waals surface area contributed by atoms with E-state index in [0.29, 0.717) is 68.9 Å². The summed E-state index contributed by atoms with van der Waals surface area (Å²) in [6.07, 6.45) is 26.0. The molecule has 20 heteroatoms. The smallest absolute Gasteiger partial charge is 0.350 e. The van der Waals surface area contributed by atoms with Gasteiger partial charge in [0.15, 0.2) is 17.1 Å². The maximum absolute atomic E-state index is 14.7. The average Bonchev–Trinajstić information content (AvgIpc) is 1.71. The maximum atomic E-state index is 14.7. The molecular formula is C66H88N2O14S4. The van der Waals surface area contributed by atoms with Crippen LogP contribution in [0, 0.1) is 77.1 Å². The van der Waals surface area contributed by atoms with E-state index in [9.17, 15) is 34.0 Å². The van der Waals surface area contributed by atoms with E-state index in [1.165, 1.54) is 39.9 Å². The summed E-state index contributed by atoms with van der Waals surface area (Å²) in [6, 6.07) is 2.02. The molecule has 2 aliphatic heterocycles. The van der Waals surface area contributed by atoms with Crippen molar-refractivity contribution in [1.82, 2.24) is 0 Å². The predicted molar refractivity (Wildman–Crippen MR) is 328 cm³/mol. The second-order valence-electron chi connectivity index (χ2n) is 25.2. The van der Waals surface area contributed by atoms with Gasteiger partial charge < -0.3 is 37.9 Å². The van der Waals surface area contributed by atoms with Crippen LogP contribution in [0.4, 0.5) is 0 Å². The fourth-order valence-electron chi connectivity index (χ4n) is 14.8. The van der Waals surface area contributed by atoms with Crippen LogP contribution in [0.25, 0.3) is 4.85 Å². The highest BCUT2D eigenvalue weighted by Gasteiger charge is 2.44. The molecule has 0 atom stereocenters. The van der Waals surface area contributed by atoms with Crippen molar-refractivity contribution in [1.29, 1.82) is 5.26 Å². The lowest BCUT2D eigenvalue weighted by Gasteiger charge is -2.37. The zero-order valence-electron chi connectivity index (χ0n) is 50.8. The molecule has 9 rings (SSSR count). The van der Waals surface area contributed by atoms with Crippen LogP contribution in [0.5, 0.6) is 11.5 Å². The van der Waals surface area contributed by atoms with Crippen molar-refractivity contribution in [3.8, 4) is 17.6 Å². The fourth-order valence-corrected chi connectivity index (χ4v) is 20.1. The van der Waals surface area contributed by atoms with Gasteiger partial charge in [0.05, 0.1) is 71.5 Å². The van der Waals surface area contributed by atoms with Gasteiger partial charge in [0.1, 0.15) is 31.5 Å². The van der Waals surface area contributed by atoms with Crippen molar-refractivity contribution in [3.05, 3.63) is 31.2 Å². The van der Waals surface area contributed by atoms with Crippen LogP contribution in [0.1, 0.15) is 194 Å². The third-order valence-corrected chi connectivity index (χ3v) is 25.0. The molecule has 0 bridgehead atoms. The Bertz CT molecular complexity index is 2500. The number of nitrogens with zero attached hydrogens (tertiary/aromatic N) is 2. The zero-order chi connectivity index (χ0) is 60.7. The Morgan fingerprint density at radius 2 is 0.802 bits per heavy atom. The highest BCUT2D eigenvalue weighted by atomic mass is 32.2. The number of hydrogen-bond donors (Lipinski definition) is 0. The molecule has 0 amide bonds. The standard InChI is InChI=1S/C66H88N2O14S4/c1-6-8-39-10-14-45(15-11-39)59(69)79-49-30-26-43(27-31-49)41-18-22-47(23-19-41)61(71)81-53-55-56(84-65(83-55)51(38-67)63(73)77-36-34-75-4)54(58-57(53)85-66(86-58)52(68-3)64(74)78-37-35-76-5)82-62(72)48-24-20-42(21-25-48)44-28-32-50(33-29-44)80-60(70)46-16-12-40(9-7-2)13-17-46/h39-50H,6-37H2,1-2,4-5H3. The summed E-state index contributed by atoms with van der Waals surface area (Å²) in [5.74, 6) is 0.0340. The molecule has 6 saturated carbocycles. The molecule has 86 heavy (non-hydrogen) atoms. The van der Waals surface area contributed by atoms with Crippen molar-refractivity contribution in [3.63, 3.8) is 0 Å². The van der Waals surface area contributed by atoms with Gasteiger partial charge in [-0.2, -0.15) is 5.26 Å². The summed E-state index contributed by atoms with van der Waals surface area (Å²) in [6.45, 7) is 12.6. The molecule has 0 N–H and O–H groups in total. The van der Waals surface area contributed by atoms with Crippen LogP contribution in [0.3, 0.4) is 0 Å². The third kappa shape index (κ3) is 16.8. The molecule has 470 valence electrons. The summed E-state index contributed by atoms with van der Waals surface area (Å²) in [7, 11) is 2.95. The molecule has 0 unspecified atom stereocenters. The van der Waals surface area contributed by atoms with Crippen molar-refractivity contribution in [2.45, 2.75) is 225 Å². The van der Waals surface area contributed by atoms with Crippen LogP contribution >= 0.6 is 47.0 Å². The Balaban J connectivity index is 0.892. The maximum Gasteiger partial charge on any atom is 0.350 e. The van der Waals surface area contributed by atoms with Gasteiger partial charge in [-0.3, -0.25) is 24.0 Å². The SMILES string of the molecule is [C-]#[N+]C(C(=O)OCCOC)=C1Sc2c(OC(=O)C3CCC(C4CCC(OC(=O)C5CCC(CCC)CC5)CC4)CC3)c3c(c(OC(=O)C4CCC(C5CCC(OC(=O)C6CCC(CCC)CC6)CC5)CC4)c2S1)SC(=C(C#N)C(=O)OCCOC)S3. The van der Waals surface area contributed by atoms with Crippen LogP contribution in [0.2, 0.25) is 0 Å². The van der Waals surface area contributed by atoms with E-state index in [1.54, 1.807) is 0 Å². The second-order valence-corrected chi connectivity index (χ2v) is 29.8. The Kier molecular flexibility index (Phi) is 25.1. The third-order valence-electron chi connectivity index (χ3n) is 19.8. The number of hydrogen-bond acceptors (Lipinski definition) is 19. The highest BCUT2D eigenvalue weighted by Crippen LogP contribution is 2.69. The lowest BCUT2D eigenvalue weighted by atomic mass is 9.70. The van der Waals surface area contributed by atoms with Gasteiger partial charge in [-0.25, -0.2) is 9.64 Å². The molecule has 6 fully saturated rings. The lowest BCUT2D eigenvalue weighted by molar-refractivity contribution is -0.158. The molecule has 1 aromatic rings. The normalized spacial score (nSPS) is 29.0.